The normalized spacial score (nSPS) is 9.33. The quantitative estimate of drug-likeness (QED) is 0.153. The summed E-state index contributed by atoms with van der Waals surface area (Å²) in [6, 6.07) is 3.97. The predicted octanol–water partition coefficient (Wildman–Crippen LogP) is -0.856. The second-order valence-corrected chi connectivity index (χ2v) is 3.21. The van der Waals surface area contributed by atoms with Crippen LogP contribution in [0.5, 0.6) is 0 Å². The lowest BCUT2D eigenvalue weighted by Gasteiger charge is -2.11. The first-order valence-corrected chi connectivity index (χ1v) is 4.59. The van der Waals surface area contributed by atoms with Gasteiger partial charge in [-0.05, 0) is 12.1 Å². The van der Waals surface area contributed by atoms with Gasteiger partial charge >= 0.3 is 5.97 Å². The van der Waals surface area contributed by atoms with Crippen molar-refractivity contribution >= 4 is 17.7 Å². The number of hydrazine groups is 1. The van der Waals surface area contributed by atoms with Crippen LogP contribution in [0, 0.1) is 16.7 Å². The van der Waals surface area contributed by atoms with E-state index in [1.165, 1.54) is 0 Å². The Kier molecular flexibility index (Phi) is 3.61. The fourth-order valence-corrected chi connectivity index (χ4v) is 1.46. The van der Waals surface area contributed by atoms with Crippen molar-refractivity contribution in [2.75, 3.05) is 0 Å². The molecule has 0 aromatic heterocycles. The molecule has 7 N–H and O–H groups in total. The lowest BCUT2D eigenvalue weighted by Crippen LogP contribution is -2.33. The molecule has 0 spiro atoms. The van der Waals surface area contributed by atoms with Gasteiger partial charge in [-0.15, -0.1) is 0 Å². The molecule has 1 rings (SSSR count). The molecule has 18 heavy (non-hydrogen) atoms. The first-order chi connectivity index (χ1) is 8.43. The van der Waals surface area contributed by atoms with E-state index in [9.17, 15) is 9.59 Å². The lowest BCUT2D eigenvalue weighted by molar-refractivity contribution is 0.0696. The van der Waals surface area contributed by atoms with Crippen molar-refractivity contribution in [3.63, 3.8) is 0 Å². The first kappa shape index (κ1) is 13.1. The van der Waals surface area contributed by atoms with E-state index in [1.807, 2.05) is 0 Å². The van der Waals surface area contributed by atoms with Crippen LogP contribution < -0.4 is 17.0 Å². The van der Waals surface area contributed by atoms with E-state index < -0.39 is 17.7 Å². The van der Waals surface area contributed by atoms with E-state index in [4.69, 9.17) is 27.4 Å². The van der Waals surface area contributed by atoms with E-state index in [1.54, 1.807) is 11.5 Å². The maximum atomic E-state index is 11.6. The summed E-state index contributed by atoms with van der Waals surface area (Å²) < 4.78 is 0. The molecule has 1 amide bonds. The summed E-state index contributed by atoms with van der Waals surface area (Å²) in [7, 11) is 0. The van der Waals surface area contributed by atoms with Gasteiger partial charge in [-0.2, -0.15) is 5.26 Å². The van der Waals surface area contributed by atoms with Gasteiger partial charge in [-0.3, -0.25) is 15.6 Å². The van der Waals surface area contributed by atoms with Crippen LogP contribution in [0.3, 0.4) is 0 Å². The van der Waals surface area contributed by atoms with Gasteiger partial charge in [0.15, 0.2) is 0 Å². The number of hydrogen-bond donors (Lipinski definition) is 5. The van der Waals surface area contributed by atoms with Crippen molar-refractivity contribution in [1.82, 2.24) is 5.43 Å². The molecule has 8 nitrogen and oxygen atoms in total. The monoisotopic (exact) mass is 247 g/mol. The fraction of sp³-hybridized carbons (Fsp3) is 0. The zero-order chi connectivity index (χ0) is 13.9. The number of nitrogens with two attached hydrogens (primary N) is 2. The van der Waals surface area contributed by atoms with Crippen LogP contribution in [-0.2, 0) is 0 Å². The second-order valence-electron chi connectivity index (χ2n) is 3.21. The molecule has 1 aromatic carbocycles. The summed E-state index contributed by atoms with van der Waals surface area (Å²) in [6.07, 6.45) is 0. The smallest absolute Gasteiger partial charge is 0.336 e. The molecule has 0 saturated heterocycles. The Bertz CT molecular complexity index is 588. The molecular formula is C10H9N5O3. The summed E-state index contributed by atoms with van der Waals surface area (Å²) in [5.74, 6) is 2.07. The number of amidine groups is 1. The Morgan fingerprint density at radius 3 is 2.39 bits per heavy atom. The molecule has 0 heterocycles. The van der Waals surface area contributed by atoms with Crippen molar-refractivity contribution in [1.29, 1.82) is 10.7 Å². The van der Waals surface area contributed by atoms with E-state index in [0.717, 1.165) is 12.1 Å². The molecule has 1 aromatic rings. The highest BCUT2D eigenvalue weighted by Crippen LogP contribution is 2.19. The molecule has 0 atom stereocenters. The van der Waals surface area contributed by atoms with Crippen LogP contribution in [0.15, 0.2) is 12.1 Å². The van der Waals surface area contributed by atoms with E-state index >= 15 is 0 Å². The van der Waals surface area contributed by atoms with E-state index in [2.05, 4.69) is 0 Å². The van der Waals surface area contributed by atoms with Gasteiger partial charge < -0.3 is 10.8 Å². The Morgan fingerprint density at radius 1 is 1.39 bits per heavy atom. The number of carboxylic acids is 1. The third-order valence-electron chi connectivity index (χ3n) is 2.18. The zero-order valence-corrected chi connectivity index (χ0v) is 9.02. The van der Waals surface area contributed by atoms with E-state index in [-0.39, 0.29) is 22.3 Å². The van der Waals surface area contributed by atoms with Crippen molar-refractivity contribution in [2.24, 2.45) is 11.6 Å². The second kappa shape index (κ2) is 4.94. The maximum Gasteiger partial charge on any atom is 0.336 e. The van der Waals surface area contributed by atoms with Crippen molar-refractivity contribution < 1.29 is 14.7 Å². The molecule has 0 aliphatic rings. The standard InChI is InChI=1S/C10H9N5O3/c11-3-4-1-2-5(10(17)18)7(8(12)13)6(4)9(16)15-14/h1-2H,14H2,(H3,12,13)(H,15,16)(H,17,18). The number of amides is 1. The summed E-state index contributed by atoms with van der Waals surface area (Å²) in [4.78, 5) is 22.6. The third-order valence-corrected chi connectivity index (χ3v) is 2.18. The number of nitrogens with zero attached hydrogens (tertiary/aromatic N) is 1. The maximum absolute atomic E-state index is 11.6. The minimum atomic E-state index is -1.37. The van der Waals surface area contributed by atoms with Gasteiger partial charge in [0.25, 0.3) is 5.91 Å². The van der Waals surface area contributed by atoms with Crippen LogP contribution in [0.1, 0.15) is 31.8 Å². The number of carbonyl (C=O) groups is 2. The minimum Gasteiger partial charge on any atom is -0.478 e. The summed E-state index contributed by atoms with van der Waals surface area (Å²) >= 11 is 0. The van der Waals surface area contributed by atoms with Crippen LogP contribution in [0.25, 0.3) is 0 Å². The average molecular weight is 247 g/mol. The molecule has 0 aliphatic carbocycles. The topological polar surface area (TPSA) is 166 Å². The van der Waals surface area contributed by atoms with Gasteiger partial charge in [-0.1, -0.05) is 0 Å². The Labute approximate surface area is 101 Å². The number of benzene rings is 1. The number of hydrogen-bond acceptors (Lipinski definition) is 5. The minimum absolute atomic E-state index is 0.117. The van der Waals surface area contributed by atoms with Gasteiger partial charge in [0.2, 0.25) is 0 Å². The number of nitrogens with one attached hydrogen (secondary N) is 2. The van der Waals surface area contributed by atoms with Gasteiger partial charge in [-0.25, -0.2) is 10.6 Å². The Morgan fingerprint density at radius 2 is 2.00 bits per heavy atom. The first-order valence-electron chi connectivity index (χ1n) is 4.59. The Balaban J connectivity index is 3.77. The van der Waals surface area contributed by atoms with Gasteiger partial charge in [0, 0.05) is 5.56 Å². The molecule has 0 aliphatic heterocycles. The van der Waals surface area contributed by atoms with Crippen LogP contribution in [-0.4, -0.2) is 22.8 Å². The molecule has 8 heteroatoms. The molecule has 0 radical (unpaired) electrons. The molecule has 0 saturated carbocycles. The SMILES string of the molecule is N#Cc1ccc(C(=O)O)c(C(=N)N)c1C(=O)NN. The summed E-state index contributed by atoms with van der Waals surface area (Å²) in [5.41, 5.74) is 5.92. The summed E-state index contributed by atoms with van der Waals surface area (Å²) in [5, 5.41) is 25.2. The highest BCUT2D eigenvalue weighted by molar-refractivity contribution is 6.14. The van der Waals surface area contributed by atoms with E-state index in [0.29, 0.717) is 0 Å². The fourth-order valence-electron chi connectivity index (χ4n) is 1.46. The highest BCUT2D eigenvalue weighted by Gasteiger charge is 2.23. The molecule has 0 unspecified atom stereocenters. The third kappa shape index (κ3) is 2.11. The van der Waals surface area contributed by atoms with Crippen molar-refractivity contribution in [3.05, 3.63) is 34.4 Å². The average Bonchev–Trinajstić information content (AvgIpc) is 2.35. The number of nitriles is 1. The lowest BCUT2D eigenvalue weighted by atomic mass is 9.95. The number of carboxylic acid groups (broad SMARTS) is 1. The number of rotatable bonds is 3. The number of carbonyl (C=O) groups excluding carboxylic acids is 1. The largest absolute Gasteiger partial charge is 0.478 e. The molecular weight excluding hydrogens is 238 g/mol. The Hall–Kier alpha value is -2.92. The number of aromatic carboxylic acids is 1. The molecule has 0 fully saturated rings. The van der Waals surface area contributed by atoms with Crippen molar-refractivity contribution in [2.45, 2.75) is 0 Å². The molecule has 92 valence electrons. The van der Waals surface area contributed by atoms with Gasteiger partial charge in [0.1, 0.15) is 5.84 Å². The number of nitrogen functional groups attached to an aromatic ring is 2. The van der Waals surface area contributed by atoms with Crippen LogP contribution >= 0.6 is 0 Å². The van der Waals surface area contributed by atoms with Crippen molar-refractivity contribution in [3.8, 4) is 6.07 Å². The van der Waals surface area contributed by atoms with Crippen LogP contribution in [0.4, 0.5) is 0 Å². The predicted molar refractivity (Wildman–Crippen MR) is 60.8 cm³/mol. The zero-order valence-electron chi connectivity index (χ0n) is 9.02. The summed E-state index contributed by atoms with van der Waals surface area (Å²) in [6.45, 7) is 0. The van der Waals surface area contributed by atoms with Crippen LogP contribution in [0.2, 0.25) is 0 Å². The van der Waals surface area contributed by atoms with Gasteiger partial charge in [0.05, 0.1) is 22.8 Å². The molecule has 0 bridgehead atoms. The highest BCUT2D eigenvalue weighted by atomic mass is 16.4.